The van der Waals surface area contributed by atoms with Crippen LogP contribution in [0.3, 0.4) is 0 Å². The third kappa shape index (κ3) is 2.34. The molecular weight excluding hydrogens is 302 g/mol. The number of fused-ring (bicyclic) bond motifs is 1. The number of benzene rings is 1. The van der Waals surface area contributed by atoms with Crippen molar-refractivity contribution in [1.82, 2.24) is 14.3 Å². The van der Waals surface area contributed by atoms with Crippen LogP contribution in [0.25, 0.3) is 0 Å². The van der Waals surface area contributed by atoms with Gasteiger partial charge in [0.05, 0.1) is 12.2 Å². The van der Waals surface area contributed by atoms with Gasteiger partial charge in [0, 0.05) is 18.3 Å². The molecule has 0 atom stereocenters. The Bertz CT molecular complexity index is 826. The van der Waals surface area contributed by atoms with Crippen LogP contribution in [0.1, 0.15) is 11.3 Å². The van der Waals surface area contributed by atoms with Crippen molar-refractivity contribution in [3.8, 4) is 0 Å². The average molecular weight is 312 g/mol. The molecular formula is C12H10F2N4O2S. The third-order valence-corrected chi connectivity index (χ3v) is 4.96. The van der Waals surface area contributed by atoms with Crippen LogP contribution in [-0.4, -0.2) is 22.7 Å². The van der Waals surface area contributed by atoms with E-state index in [-0.39, 0.29) is 19.0 Å². The molecule has 1 aliphatic heterocycles. The summed E-state index contributed by atoms with van der Waals surface area (Å²) in [4.78, 5) is 7.03. The molecule has 0 unspecified atom stereocenters. The van der Waals surface area contributed by atoms with Gasteiger partial charge >= 0.3 is 0 Å². The van der Waals surface area contributed by atoms with Crippen LogP contribution < -0.4 is 5.73 Å². The van der Waals surface area contributed by atoms with Crippen LogP contribution >= 0.6 is 0 Å². The lowest BCUT2D eigenvalue weighted by atomic mass is 10.3. The van der Waals surface area contributed by atoms with E-state index in [0.29, 0.717) is 17.3 Å². The molecule has 21 heavy (non-hydrogen) atoms. The number of nitrogens with two attached hydrogens (primary N) is 1. The third-order valence-electron chi connectivity index (χ3n) is 3.16. The molecule has 0 fully saturated rings. The molecule has 0 saturated heterocycles. The SMILES string of the molecule is Nc1ncc2c(n1)CN(S(=O)(=O)c1cc(F)ccc1F)C2. The molecule has 0 saturated carbocycles. The van der Waals surface area contributed by atoms with Gasteiger partial charge in [-0.25, -0.2) is 27.2 Å². The zero-order valence-electron chi connectivity index (χ0n) is 10.6. The largest absolute Gasteiger partial charge is 0.368 e. The fourth-order valence-electron chi connectivity index (χ4n) is 2.12. The Morgan fingerprint density at radius 3 is 2.76 bits per heavy atom. The van der Waals surface area contributed by atoms with Gasteiger partial charge < -0.3 is 5.73 Å². The van der Waals surface area contributed by atoms with E-state index in [1.165, 1.54) is 6.20 Å². The zero-order valence-corrected chi connectivity index (χ0v) is 11.4. The van der Waals surface area contributed by atoms with E-state index in [1.807, 2.05) is 0 Å². The van der Waals surface area contributed by atoms with Gasteiger partial charge in [-0.2, -0.15) is 4.31 Å². The van der Waals surface area contributed by atoms with Crippen molar-refractivity contribution in [2.75, 3.05) is 5.73 Å². The summed E-state index contributed by atoms with van der Waals surface area (Å²) in [7, 11) is -4.16. The first kappa shape index (κ1) is 13.8. The fourth-order valence-corrected chi connectivity index (χ4v) is 3.58. The maximum atomic E-state index is 13.7. The lowest BCUT2D eigenvalue weighted by Gasteiger charge is -2.15. The number of hydrogen-bond donors (Lipinski definition) is 1. The Morgan fingerprint density at radius 2 is 2.00 bits per heavy atom. The number of hydrogen-bond acceptors (Lipinski definition) is 5. The number of halogens is 2. The summed E-state index contributed by atoms with van der Waals surface area (Å²) >= 11 is 0. The quantitative estimate of drug-likeness (QED) is 0.895. The highest BCUT2D eigenvalue weighted by Crippen LogP contribution is 2.28. The van der Waals surface area contributed by atoms with Gasteiger partial charge in [0.2, 0.25) is 16.0 Å². The van der Waals surface area contributed by atoms with Crippen LogP contribution in [0.4, 0.5) is 14.7 Å². The molecule has 1 aromatic carbocycles. The topological polar surface area (TPSA) is 89.2 Å². The second-order valence-electron chi connectivity index (χ2n) is 4.55. The molecule has 110 valence electrons. The Kier molecular flexibility index (Phi) is 3.10. The van der Waals surface area contributed by atoms with Gasteiger partial charge in [0.15, 0.2) is 0 Å². The molecule has 0 bridgehead atoms. The fraction of sp³-hybridized carbons (Fsp3) is 0.167. The van der Waals surface area contributed by atoms with Crippen molar-refractivity contribution in [2.45, 2.75) is 18.0 Å². The van der Waals surface area contributed by atoms with Crippen molar-refractivity contribution in [3.05, 3.63) is 47.3 Å². The predicted octanol–water partition coefficient (Wildman–Crippen LogP) is 1.04. The molecule has 6 nitrogen and oxygen atoms in total. The number of rotatable bonds is 2. The Labute approximate surface area is 119 Å². The van der Waals surface area contributed by atoms with Crippen molar-refractivity contribution < 1.29 is 17.2 Å². The Morgan fingerprint density at radius 1 is 1.24 bits per heavy atom. The van der Waals surface area contributed by atoms with E-state index in [4.69, 9.17) is 5.73 Å². The summed E-state index contributed by atoms with van der Waals surface area (Å²) in [6.07, 6.45) is 1.43. The van der Waals surface area contributed by atoms with Gasteiger partial charge in [0.1, 0.15) is 16.5 Å². The van der Waals surface area contributed by atoms with Crippen LogP contribution in [0, 0.1) is 11.6 Å². The van der Waals surface area contributed by atoms with E-state index in [2.05, 4.69) is 9.97 Å². The summed E-state index contributed by atoms with van der Waals surface area (Å²) in [5.41, 5.74) is 6.49. The summed E-state index contributed by atoms with van der Waals surface area (Å²) in [5.74, 6) is -1.79. The average Bonchev–Trinajstić information content (AvgIpc) is 2.85. The Balaban J connectivity index is 2.00. The number of nitrogen functional groups attached to an aromatic ring is 1. The van der Waals surface area contributed by atoms with Gasteiger partial charge in [0.25, 0.3) is 0 Å². The van der Waals surface area contributed by atoms with Crippen molar-refractivity contribution in [1.29, 1.82) is 0 Å². The highest BCUT2D eigenvalue weighted by Gasteiger charge is 2.33. The summed E-state index contributed by atoms with van der Waals surface area (Å²) in [6, 6.07) is 2.30. The van der Waals surface area contributed by atoms with Crippen molar-refractivity contribution in [2.24, 2.45) is 0 Å². The molecule has 2 heterocycles. The number of nitrogens with zero attached hydrogens (tertiary/aromatic N) is 3. The van der Waals surface area contributed by atoms with Crippen LogP contribution in [-0.2, 0) is 23.1 Å². The molecule has 0 amide bonds. The van der Waals surface area contributed by atoms with Crippen molar-refractivity contribution >= 4 is 16.0 Å². The van der Waals surface area contributed by atoms with E-state index >= 15 is 0 Å². The van der Waals surface area contributed by atoms with Gasteiger partial charge in [-0.1, -0.05) is 0 Å². The molecule has 9 heteroatoms. The smallest absolute Gasteiger partial charge is 0.246 e. The Hall–Kier alpha value is -2.13. The molecule has 1 aromatic heterocycles. The van der Waals surface area contributed by atoms with Gasteiger partial charge in [-0.15, -0.1) is 0 Å². The summed E-state index contributed by atoms with van der Waals surface area (Å²) < 4.78 is 52.7. The first-order valence-electron chi connectivity index (χ1n) is 5.93. The standard InChI is InChI=1S/C12H10F2N4O2S/c13-8-1-2-9(14)11(3-8)21(19,20)18-5-7-4-16-12(15)17-10(7)6-18/h1-4H,5-6H2,(H2,15,16,17). The molecule has 0 aliphatic carbocycles. The molecule has 3 rings (SSSR count). The maximum Gasteiger partial charge on any atom is 0.246 e. The summed E-state index contributed by atoms with van der Waals surface area (Å²) in [6.45, 7) is -0.0613. The van der Waals surface area contributed by atoms with Crippen LogP contribution in [0.15, 0.2) is 29.3 Å². The van der Waals surface area contributed by atoms with Crippen molar-refractivity contribution in [3.63, 3.8) is 0 Å². The van der Waals surface area contributed by atoms with E-state index in [1.54, 1.807) is 0 Å². The highest BCUT2D eigenvalue weighted by molar-refractivity contribution is 7.89. The summed E-state index contributed by atoms with van der Waals surface area (Å²) in [5, 5.41) is 0. The lowest BCUT2D eigenvalue weighted by Crippen LogP contribution is -2.26. The monoisotopic (exact) mass is 312 g/mol. The van der Waals surface area contributed by atoms with Crippen LogP contribution in [0.2, 0.25) is 0 Å². The first-order chi connectivity index (χ1) is 9.88. The van der Waals surface area contributed by atoms with E-state index in [0.717, 1.165) is 16.4 Å². The molecule has 2 N–H and O–H groups in total. The van der Waals surface area contributed by atoms with Crippen LogP contribution in [0.5, 0.6) is 0 Å². The maximum absolute atomic E-state index is 13.7. The molecule has 0 spiro atoms. The number of sulfonamides is 1. The predicted molar refractivity (Wildman–Crippen MR) is 69.2 cm³/mol. The second kappa shape index (κ2) is 4.71. The molecule has 2 aromatic rings. The molecule has 0 radical (unpaired) electrons. The second-order valence-corrected chi connectivity index (χ2v) is 6.45. The molecule has 1 aliphatic rings. The number of anilines is 1. The highest BCUT2D eigenvalue weighted by atomic mass is 32.2. The minimum absolute atomic E-state index is 0.00605. The minimum atomic E-state index is -4.16. The first-order valence-corrected chi connectivity index (χ1v) is 7.37. The zero-order chi connectivity index (χ0) is 15.2. The lowest BCUT2D eigenvalue weighted by molar-refractivity contribution is 0.424. The van der Waals surface area contributed by atoms with Gasteiger partial charge in [-0.3, -0.25) is 0 Å². The van der Waals surface area contributed by atoms with Gasteiger partial charge in [-0.05, 0) is 18.2 Å². The van der Waals surface area contributed by atoms with E-state index < -0.39 is 26.6 Å². The van der Waals surface area contributed by atoms with E-state index in [9.17, 15) is 17.2 Å². The number of aromatic nitrogens is 2. The minimum Gasteiger partial charge on any atom is -0.368 e. The normalized spacial score (nSPS) is 15.1.